The first-order chi connectivity index (χ1) is 8.98. The van der Waals surface area contributed by atoms with Gasteiger partial charge in [-0.3, -0.25) is 0 Å². The van der Waals surface area contributed by atoms with Gasteiger partial charge in [-0.25, -0.2) is 0 Å². The third kappa shape index (κ3) is 4.76. The Morgan fingerprint density at radius 3 is 2.10 bits per heavy atom. The molecule has 0 spiro atoms. The molecule has 3 nitrogen and oxygen atoms in total. The first-order valence-electron chi connectivity index (χ1n) is 6.17. The number of aliphatic hydroxyl groups excluding tert-OH is 1. The SMILES string of the molecule is COc1ccc([C@H](N)[C@H](O)C(C)(C)C)c(C(F)(F)F)c1.Cl. The largest absolute Gasteiger partial charge is 0.497 e. The summed E-state index contributed by atoms with van der Waals surface area (Å²) in [5, 5.41) is 10.1. The van der Waals surface area contributed by atoms with Crippen LogP contribution in [0.25, 0.3) is 0 Å². The summed E-state index contributed by atoms with van der Waals surface area (Å²) in [4.78, 5) is 0. The van der Waals surface area contributed by atoms with Crippen LogP contribution in [-0.4, -0.2) is 18.3 Å². The Hall–Kier alpha value is -0.980. The highest BCUT2D eigenvalue weighted by atomic mass is 35.5. The smallest absolute Gasteiger partial charge is 0.416 e. The van der Waals surface area contributed by atoms with Gasteiger partial charge in [0.25, 0.3) is 0 Å². The molecule has 0 aliphatic rings. The monoisotopic (exact) mass is 327 g/mol. The van der Waals surface area contributed by atoms with E-state index in [0.717, 1.165) is 6.07 Å². The predicted molar refractivity (Wildman–Crippen MR) is 77.6 cm³/mol. The maximum atomic E-state index is 13.1. The first-order valence-corrected chi connectivity index (χ1v) is 6.17. The molecule has 7 heteroatoms. The molecule has 3 N–H and O–H groups in total. The van der Waals surface area contributed by atoms with E-state index in [1.807, 2.05) is 0 Å². The van der Waals surface area contributed by atoms with Crippen LogP contribution in [0.15, 0.2) is 18.2 Å². The van der Waals surface area contributed by atoms with Crippen molar-refractivity contribution in [2.24, 2.45) is 11.1 Å². The van der Waals surface area contributed by atoms with Gasteiger partial charge in [0.15, 0.2) is 0 Å². The number of rotatable bonds is 3. The van der Waals surface area contributed by atoms with Gasteiger partial charge in [0, 0.05) is 0 Å². The van der Waals surface area contributed by atoms with Gasteiger partial charge in [0.1, 0.15) is 5.75 Å². The van der Waals surface area contributed by atoms with Crippen LogP contribution in [-0.2, 0) is 6.18 Å². The van der Waals surface area contributed by atoms with Gasteiger partial charge in [-0.2, -0.15) is 13.2 Å². The molecule has 0 unspecified atom stereocenters. The van der Waals surface area contributed by atoms with E-state index in [1.165, 1.54) is 19.2 Å². The summed E-state index contributed by atoms with van der Waals surface area (Å²) in [6, 6.07) is 2.42. The zero-order valence-electron chi connectivity index (χ0n) is 12.4. The van der Waals surface area contributed by atoms with E-state index >= 15 is 0 Å². The van der Waals surface area contributed by atoms with Crippen LogP contribution in [0.5, 0.6) is 5.75 Å². The average molecular weight is 328 g/mol. The van der Waals surface area contributed by atoms with Gasteiger partial charge in [0.2, 0.25) is 0 Å². The van der Waals surface area contributed by atoms with Gasteiger partial charge in [-0.15, -0.1) is 12.4 Å². The van der Waals surface area contributed by atoms with Crippen LogP contribution in [0, 0.1) is 5.41 Å². The molecule has 122 valence electrons. The zero-order chi connectivity index (χ0) is 15.7. The molecule has 2 atom stereocenters. The minimum Gasteiger partial charge on any atom is -0.497 e. The number of methoxy groups -OCH3 is 1. The summed E-state index contributed by atoms with van der Waals surface area (Å²) in [6.45, 7) is 5.15. The van der Waals surface area contributed by atoms with Crippen molar-refractivity contribution in [3.8, 4) is 5.75 Å². The molecule has 0 amide bonds. The highest BCUT2D eigenvalue weighted by Crippen LogP contribution is 2.39. The highest BCUT2D eigenvalue weighted by molar-refractivity contribution is 5.85. The number of hydrogen-bond acceptors (Lipinski definition) is 3. The average Bonchev–Trinajstić information content (AvgIpc) is 2.34. The summed E-state index contributed by atoms with van der Waals surface area (Å²) in [6.07, 6.45) is -5.66. The summed E-state index contributed by atoms with van der Waals surface area (Å²) in [5.74, 6) is 0.0959. The Morgan fingerprint density at radius 2 is 1.71 bits per heavy atom. The fourth-order valence-corrected chi connectivity index (χ4v) is 1.91. The van der Waals surface area contributed by atoms with E-state index in [9.17, 15) is 18.3 Å². The maximum Gasteiger partial charge on any atom is 0.416 e. The number of nitrogens with two attached hydrogens (primary N) is 1. The predicted octanol–water partition coefficient (Wildman–Crippen LogP) is 3.54. The number of benzene rings is 1. The van der Waals surface area contributed by atoms with E-state index in [1.54, 1.807) is 20.8 Å². The summed E-state index contributed by atoms with van der Waals surface area (Å²) >= 11 is 0. The van der Waals surface area contributed by atoms with Crippen LogP contribution in [0.3, 0.4) is 0 Å². The molecule has 21 heavy (non-hydrogen) atoms. The highest BCUT2D eigenvalue weighted by Gasteiger charge is 2.38. The van der Waals surface area contributed by atoms with Gasteiger partial charge in [0.05, 0.1) is 24.8 Å². The van der Waals surface area contributed by atoms with Gasteiger partial charge in [-0.1, -0.05) is 26.8 Å². The van der Waals surface area contributed by atoms with Crippen LogP contribution < -0.4 is 10.5 Å². The lowest BCUT2D eigenvalue weighted by molar-refractivity contribution is -0.138. The Labute approximate surface area is 128 Å². The molecule has 0 radical (unpaired) electrons. The second kappa shape index (κ2) is 6.85. The van der Waals surface area contributed by atoms with E-state index in [0.29, 0.717) is 0 Å². The number of aliphatic hydroxyl groups is 1. The molecule has 0 aliphatic carbocycles. The van der Waals surface area contributed by atoms with Crippen molar-refractivity contribution in [1.29, 1.82) is 0 Å². The Kier molecular flexibility index (Phi) is 6.53. The molecule has 0 aliphatic heterocycles. The lowest BCUT2D eigenvalue weighted by atomic mass is 9.81. The van der Waals surface area contributed by atoms with Crippen molar-refractivity contribution >= 4 is 12.4 Å². The molecular formula is C14H21ClF3NO2. The molecular weight excluding hydrogens is 307 g/mol. The molecule has 1 rings (SSSR count). The zero-order valence-corrected chi connectivity index (χ0v) is 13.2. The third-order valence-electron chi connectivity index (χ3n) is 3.15. The van der Waals surface area contributed by atoms with Gasteiger partial charge < -0.3 is 15.6 Å². The Balaban J connectivity index is 0.00000400. The molecule has 0 bridgehead atoms. The Morgan fingerprint density at radius 1 is 1.19 bits per heavy atom. The second-order valence-electron chi connectivity index (χ2n) is 5.79. The Bertz CT molecular complexity index is 472. The maximum absolute atomic E-state index is 13.1. The van der Waals surface area contributed by atoms with Crippen molar-refractivity contribution in [1.82, 2.24) is 0 Å². The van der Waals surface area contributed by atoms with Crippen molar-refractivity contribution in [3.05, 3.63) is 29.3 Å². The lowest BCUT2D eigenvalue weighted by Crippen LogP contribution is -2.38. The molecule has 0 fully saturated rings. The van der Waals surface area contributed by atoms with Crippen LogP contribution in [0.4, 0.5) is 13.2 Å². The molecule has 0 heterocycles. The minimum absolute atomic E-state index is 0. The molecule has 0 saturated carbocycles. The molecule has 0 saturated heterocycles. The number of halogens is 4. The van der Waals surface area contributed by atoms with Crippen molar-refractivity contribution < 1.29 is 23.0 Å². The van der Waals surface area contributed by atoms with E-state index in [-0.39, 0.29) is 23.7 Å². The minimum atomic E-state index is -4.56. The number of hydrogen-bond donors (Lipinski definition) is 2. The van der Waals surface area contributed by atoms with Crippen LogP contribution in [0.2, 0.25) is 0 Å². The number of ether oxygens (including phenoxy) is 1. The quantitative estimate of drug-likeness (QED) is 0.892. The van der Waals surface area contributed by atoms with Crippen molar-refractivity contribution in [2.75, 3.05) is 7.11 Å². The third-order valence-corrected chi connectivity index (χ3v) is 3.15. The molecule has 1 aromatic rings. The van der Waals surface area contributed by atoms with Gasteiger partial charge in [-0.05, 0) is 23.1 Å². The van der Waals surface area contributed by atoms with E-state index in [2.05, 4.69) is 0 Å². The topological polar surface area (TPSA) is 55.5 Å². The number of alkyl halides is 3. The summed E-state index contributed by atoms with van der Waals surface area (Å²) < 4.78 is 44.1. The molecule has 1 aromatic carbocycles. The van der Waals surface area contributed by atoms with E-state index < -0.39 is 29.3 Å². The van der Waals surface area contributed by atoms with Crippen molar-refractivity contribution in [3.63, 3.8) is 0 Å². The fourth-order valence-electron chi connectivity index (χ4n) is 1.91. The lowest BCUT2D eigenvalue weighted by Gasteiger charge is -2.32. The standard InChI is InChI=1S/C14H20F3NO2.ClH/c1-13(2,3)12(19)11(18)9-6-5-8(20-4)7-10(9)14(15,16)17;/h5-7,11-12,19H,18H2,1-4H3;1H/t11-,12-;/m0./s1. The summed E-state index contributed by atoms with van der Waals surface area (Å²) in [5.41, 5.74) is 4.18. The van der Waals surface area contributed by atoms with Crippen LogP contribution >= 0.6 is 12.4 Å². The first kappa shape index (κ1) is 20.0. The van der Waals surface area contributed by atoms with E-state index in [4.69, 9.17) is 10.5 Å². The van der Waals surface area contributed by atoms with Crippen molar-refractivity contribution in [2.45, 2.75) is 39.1 Å². The second-order valence-corrected chi connectivity index (χ2v) is 5.79. The summed E-state index contributed by atoms with van der Waals surface area (Å²) in [7, 11) is 1.29. The fraction of sp³-hybridized carbons (Fsp3) is 0.571. The molecule has 0 aromatic heterocycles. The normalized spacial score (nSPS) is 15.1. The van der Waals surface area contributed by atoms with Gasteiger partial charge >= 0.3 is 6.18 Å². The van der Waals surface area contributed by atoms with Crippen LogP contribution in [0.1, 0.15) is 37.9 Å².